The van der Waals surface area contributed by atoms with E-state index in [1.807, 2.05) is 26.8 Å². The third-order valence-corrected chi connectivity index (χ3v) is 3.72. The highest BCUT2D eigenvalue weighted by Gasteiger charge is 2.27. The second kappa shape index (κ2) is 4.81. The first-order valence-electron chi connectivity index (χ1n) is 5.46. The van der Waals surface area contributed by atoms with Crippen LogP contribution in [0.5, 0.6) is 5.75 Å². The van der Waals surface area contributed by atoms with Gasteiger partial charge in [-0.3, -0.25) is 4.57 Å². The highest BCUT2D eigenvalue weighted by Crippen LogP contribution is 2.41. The van der Waals surface area contributed by atoms with Crippen LogP contribution in [0.25, 0.3) is 0 Å². The van der Waals surface area contributed by atoms with Gasteiger partial charge in [-0.2, -0.15) is 0 Å². The van der Waals surface area contributed by atoms with Crippen molar-refractivity contribution in [1.29, 1.82) is 0 Å². The smallest absolute Gasteiger partial charge is 0.325 e. The molecule has 0 saturated carbocycles. The van der Waals surface area contributed by atoms with Gasteiger partial charge >= 0.3 is 7.60 Å². The van der Waals surface area contributed by atoms with Crippen LogP contribution in [0.4, 0.5) is 0 Å². The molecule has 0 heterocycles. The molecule has 17 heavy (non-hydrogen) atoms. The molecule has 0 aromatic heterocycles. The van der Waals surface area contributed by atoms with Gasteiger partial charge < -0.3 is 14.9 Å². The summed E-state index contributed by atoms with van der Waals surface area (Å²) in [5.41, 5.74) is 1.28. The van der Waals surface area contributed by atoms with Gasteiger partial charge in [0.1, 0.15) is 5.75 Å². The van der Waals surface area contributed by atoms with Crippen LogP contribution in [0.2, 0.25) is 0 Å². The van der Waals surface area contributed by atoms with E-state index in [9.17, 15) is 9.67 Å². The van der Waals surface area contributed by atoms with Crippen LogP contribution >= 0.6 is 7.60 Å². The van der Waals surface area contributed by atoms with Crippen LogP contribution < -0.4 is 0 Å². The van der Waals surface area contributed by atoms with E-state index in [0.717, 1.165) is 11.1 Å². The van der Waals surface area contributed by atoms with Crippen molar-refractivity contribution in [1.82, 2.24) is 0 Å². The van der Waals surface area contributed by atoms with Crippen molar-refractivity contribution >= 4 is 7.60 Å². The number of phenolic OH excluding ortho intramolecular Hbond substituents is 1. The fourth-order valence-corrected chi connectivity index (χ4v) is 2.60. The predicted octanol–water partition coefficient (Wildman–Crippen LogP) is 2.55. The third-order valence-electron chi connectivity index (χ3n) is 2.91. The molecule has 1 aromatic rings. The van der Waals surface area contributed by atoms with Gasteiger partial charge in [-0.05, 0) is 30.4 Å². The molecule has 3 N–H and O–H groups in total. The second-order valence-corrected chi connectivity index (χ2v) is 6.82. The topological polar surface area (TPSA) is 77.8 Å². The number of benzene rings is 1. The van der Waals surface area contributed by atoms with Crippen LogP contribution in [0.1, 0.15) is 31.4 Å². The molecule has 0 fully saturated rings. The lowest BCUT2D eigenvalue weighted by molar-refractivity contribution is 0.360. The maximum absolute atomic E-state index is 10.9. The second-order valence-electron chi connectivity index (χ2n) is 5.04. The molecular formula is C12H19O4P. The molecule has 0 aliphatic rings. The molecule has 4 nitrogen and oxygen atoms in total. The van der Waals surface area contributed by atoms with E-state index in [-0.39, 0.29) is 11.9 Å². The van der Waals surface area contributed by atoms with Gasteiger partial charge in [-0.1, -0.05) is 31.5 Å². The van der Waals surface area contributed by atoms with Crippen molar-refractivity contribution in [3.8, 4) is 5.75 Å². The monoisotopic (exact) mass is 258 g/mol. The Bertz CT molecular complexity index is 448. The quantitative estimate of drug-likeness (QED) is 0.725. The van der Waals surface area contributed by atoms with Gasteiger partial charge in [0.2, 0.25) is 0 Å². The Balaban J connectivity index is 2.96. The lowest BCUT2D eigenvalue weighted by atomic mass is 9.81. The fourth-order valence-electron chi connectivity index (χ4n) is 1.75. The lowest BCUT2D eigenvalue weighted by Crippen LogP contribution is -2.19. The van der Waals surface area contributed by atoms with E-state index in [1.165, 1.54) is 0 Å². The summed E-state index contributed by atoms with van der Waals surface area (Å²) in [5, 5.41) is 9.81. The summed E-state index contributed by atoms with van der Waals surface area (Å²) >= 11 is 0. The normalized spacial score (nSPS) is 12.8. The summed E-state index contributed by atoms with van der Waals surface area (Å²) in [4.78, 5) is 17.8. The third kappa shape index (κ3) is 4.15. The molecule has 0 aliphatic heterocycles. The molecule has 0 amide bonds. The minimum Gasteiger partial charge on any atom is -0.508 e. The highest BCUT2D eigenvalue weighted by atomic mass is 31.2. The number of hydrogen-bond acceptors (Lipinski definition) is 2. The molecule has 0 radical (unpaired) electrons. The van der Waals surface area contributed by atoms with Crippen molar-refractivity contribution in [3.63, 3.8) is 0 Å². The molecular weight excluding hydrogens is 239 g/mol. The molecule has 0 bridgehead atoms. The molecule has 1 rings (SSSR count). The van der Waals surface area contributed by atoms with Gasteiger partial charge in [-0.15, -0.1) is 0 Å². The van der Waals surface area contributed by atoms with Crippen molar-refractivity contribution < 1.29 is 19.5 Å². The molecule has 0 unspecified atom stereocenters. The van der Waals surface area contributed by atoms with Crippen LogP contribution in [0.15, 0.2) is 18.2 Å². The van der Waals surface area contributed by atoms with E-state index in [0.29, 0.717) is 6.42 Å². The summed E-state index contributed by atoms with van der Waals surface area (Å²) in [6.45, 7) is 5.66. The van der Waals surface area contributed by atoms with Crippen molar-refractivity contribution in [2.24, 2.45) is 0 Å². The van der Waals surface area contributed by atoms with E-state index in [2.05, 4.69) is 0 Å². The maximum atomic E-state index is 10.9. The number of hydrogen-bond donors (Lipinski definition) is 3. The van der Waals surface area contributed by atoms with Gasteiger partial charge in [-0.25, -0.2) is 0 Å². The van der Waals surface area contributed by atoms with E-state index in [1.54, 1.807) is 12.1 Å². The standard InChI is InChI=1S/C12H19O4P/c1-9-4-5-11(13)10(8-9)12(2,3)6-7-17(14,15)16/h4-5,8,13H,6-7H2,1-3H3,(H2,14,15,16). The summed E-state index contributed by atoms with van der Waals surface area (Å²) in [6, 6.07) is 5.27. The van der Waals surface area contributed by atoms with Crippen molar-refractivity contribution in [2.75, 3.05) is 6.16 Å². The van der Waals surface area contributed by atoms with E-state index in [4.69, 9.17) is 9.79 Å². The lowest BCUT2D eigenvalue weighted by Gasteiger charge is -2.26. The van der Waals surface area contributed by atoms with Gasteiger partial charge in [0, 0.05) is 0 Å². The Morgan fingerprint density at radius 2 is 1.88 bits per heavy atom. The van der Waals surface area contributed by atoms with E-state index >= 15 is 0 Å². The van der Waals surface area contributed by atoms with E-state index < -0.39 is 13.0 Å². The summed E-state index contributed by atoms with van der Waals surface area (Å²) in [6.07, 6.45) is 0.154. The predicted molar refractivity (Wildman–Crippen MR) is 67.4 cm³/mol. The SMILES string of the molecule is Cc1ccc(O)c(C(C)(C)CCP(=O)(O)O)c1. The van der Waals surface area contributed by atoms with Crippen LogP contribution in [-0.4, -0.2) is 21.1 Å². The zero-order valence-electron chi connectivity index (χ0n) is 10.3. The molecule has 0 spiro atoms. The van der Waals surface area contributed by atoms with Crippen LogP contribution in [0.3, 0.4) is 0 Å². The Hall–Kier alpha value is -0.830. The Labute approximate surface area is 101 Å². The molecule has 0 aliphatic carbocycles. The average molecular weight is 258 g/mol. The average Bonchev–Trinajstić information content (AvgIpc) is 2.18. The first-order valence-corrected chi connectivity index (χ1v) is 7.26. The molecule has 5 heteroatoms. The number of aryl methyl sites for hydroxylation is 1. The summed E-state index contributed by atoms with van der Waals surface area (Å²) < 4.78 is 10.9. The number of rotatable bonds is 4. The zero-order valence-corrected chi connectivity index (χ0v) is 11.2. The van der Waals surface area contributed by atoms with Gasteiger partial charge in [0.15, 0.2) is 0 Å². The summed E-state index contributed by atoms with van der Waals surface area (Å²) in [5.74, 6) is 0.173. The van der Waals surface area contributed by atoms with Crippen molar-refractivity contribution in [2.45, 2.75) is 32.6 Å². The Morgan fingerprint density at radius 3 is 2.41 bits per heavy atom. The molecule has 0 atom stereocenters. The van der Waals surface area contributed by atoms with Crippen LogP contribution in [0, 0.1) is 6.92 Å². The van der Waals surface area contributed by atoms with Crippen LogP contribution in [-0.2, 0) is 9.98 Å². The molecule has 1 aromatic carbocycles. The number of aromatic hydroxyl groups is 1. The first kappa shape index (κ1) is 14.2. The first-order chi connectivity index (χ1) is 7.62. The summed E-state index contributed by atoms with van der Waals surface area (Å²) in [7, 11) is -3.99. The molecule has 0 saturated heterocycles. The van der Waals surface area contributed by atoms with Gasteiger partial charge in [0.05, 0.1) is 6.16 Å². The van der Waals surface area contributed by atoms with Crippen molar-refractivity contribution in [3.05, 3.63) is 29.3 Å². The Morgan fingerprint density at radius 1 is 1.29 bits per heavy atom. The Kier molecular flexibility index (Phi) is 4.03. The fraction of sp³-hybridized carbons (Fsp3) is 0.500. The minimum absolute atomic E-state index is 0.173. The largest absolute Gasteiger partial charge is 0.508 e. The highest BCUT2D eigenvalue weighted by molar-refractivity contribution is 7.51. The van der Waals surface area contributed by atoms with Gasteiger partial charge in [0.25, 0.3) is 0 Å². The number of phenols is 1. The molecule has 96 valence electrons. The minimum atomic E-state index is -3.99. The maximum Gasteiger partial charge on any atom is 0.325 e. The zero-order chi connectivity index (χ0) is 13.3.